The standard InChI is InChI=1S/C11H15N5O/c1-9-3-6-16(14-9)11(17)15-7-5-13-8-10(15)2-4-12/h3,6,10,13H,2,5,7-8H2,1H3. The Morgan fingerprint density at radius 1 is 1.76 bits per heavy atom. The number of carbonyl (C=O) groups excluding carboxylic acids is 1. The average molecular weight is 233 g/mol. The molecule has 0 bridgehead atoms. The number of rotatable bonds is 1. The highest BCUT2D eigenvalue weighted by Gasteiger charge is 2.27. The van der Waals surface area contributed by atoms with Gasteiger partial charge in [0.2, 0.25) is 0 Å². The SMILES string of the molecule is Cc1ccn(C(=O)N2CCNCC2CC#N)n1. The second kappa shape index (κ2) is 4.97. The number of hydrogen-bond donors (Lipinski definition) is 1. The van der Waals surface area contributed by atoms with E-state index in [1.807, 2.05) is 6.92 Å². The number of nitrogens with zero attached hydrogens (tertiary/aromatic N) is 4. The van der Waals surface area contributed by atoms with Crippen LogP contribution in [-0.2, 0) is 0 Å². The second-order valence-corrected chi connectivity index (χ2v) is 4.10. The van der Waals surface area contributed by atoms with Crippen molar-refractivity contribution >= 4 is 6.03 Å². The van der Waals surface area contributed by atoms with Crippen LogP contribution in [0, 0.1) is 18.3 Å². The van der Waals surface area contributed by atoms with E-state index in [4.69, 9.17) is 5.26 Å². The Kier molecular flexibility index (Phi) is 3.40. The Morgan fingerprint density at radius 2 is 2.59 bits per heavy atom. The predicted octanol–water partition coefficient (Wildman–Crippen LogP) is 0.347. The van der Waals surface area contributed by atoms with Crippen molar-refractivity contribution in [3.63, 3.8) is 0 Å². The molecule has 1 amide bonds. The summed E-state index contributed by atoms with van der Waals surface area (Å²) < 4.78 is 1.34. The number of aromatic nitrogens is 2. The molecule has 0 aliphatic carbocycles. The third-order valence-corrected chi connectivity index (χ3v) is 2.84. The molecule has 1 aromatic heterocycles. The van der Waals surface area contributed by atoms with E-state index in [0.29, 0.717) is 19.5 Å². The van der Waals surface area contributed by atoms with Crippen molar-refractivity contribution in [2.24, 2.45) is 0 Å². The molecule has 90 valence electrons. The van der Waals surface area contributed by atoms with E-state index < -0.39 is 0 Å². The van der Waals surface area contributed by atoms with Crippen LogP contribution in [0.15, 0.2) is 12.3 Å². The minimum absolute atomic E-state index is 0.0641. The molecular formula is C11H15N5O. The number of piperazine rings is 1. The first-order chi connectivity index (χ1) is 8.22. The molecule has 0 radical (unpaired) electrons. The molecule has 1 N–H and O–H groups in total. The number of nitriles is 1. The Hall–Kier alpha value is -1.87. The molecule has 1 aliphatic heterocycles. The van der Waals surface area contributed by atoms with Gasteiger partial charge < -0.3 is 10.2 Å². The monoisotopic (exact) mass is 233 g/mol. The number of aryl methyl sites for hydroxylation is 1. The highest BCUT2D eigenvalue weighted by molar-refractivity contribution is 5.76. The zero-order chi connectivity index (χ0) is 12.3. The third kappa shape index (κ3) is 2.45. The maximum absolute atomic E-state index is 12.2. The van der Waals surface area contributed by atoms with Crippen molar-refractivity contribution < 1.29 is 4.79 Å². The van der Waals surface area contributed by atoms with Crippen LogP contribution < -0.4 is 5.32 Å². The molecule has 1 saturated heterocycles. The molecule has 1 aromatic rings. The van der Waals surface area contributed by atoms with E-state index in [2.05, 4.69) is 16.5 Å². The number of amides is 1. The highest BCUT2D eigenvalue weighted by Crippen LogP contribution is 2.09. The van der Waals surface area contributed by atoms with Gasteiger partial charge in [0.05, 0.1) is 24.2 Å². The van der Waals surface area contributed by atoms with Crippen LogP contribution in [0.4, 0.5) is 4.79 Å². The van der Waals surface area contributed by atoms with Gasteiger partial charge in [0.15, 0.2) is 0 Å². The molecule has 0 saturated carbocycles. The third-order valence-electron chi connectivity index (χ3n) is 2.84. The number of nitrogens with one attached hydrogen (secondary N) is 1. The minimum Gasteiger partial charge on any atom is -0.316 e. The molecule has 0 spiro atoms. The van der Waals surface area contributed by atoms with Gasteiger partial charge in [-0.1, -0.05) is 0 Å². The Balaban J connectivity index is 2.14. The first-order valence-corrected chi connectivity index (χ1v) is 5.63. The van der Waals surface area contributed by atoms with Crippen molar-refractivity contribution in [2.45, 2.75) is 19.4 Å². The van der Waals surface area contributed by atoms with Gasteiger partial charge in [-0.3, -0.25) is 0 Å². The van der Waals surface area contributed by atoms with Crippen LogP contribution in [0.5, 0.6) is 0 Å². The van der Waals surface area contributed by atoms with E-state index in [1.165, 1.54) is 4.68 Å². The average Bonchev–Trinajstić information content (AvgIpc) is 2.76. The Labute approximate surface area is 99.8 Å². The predicted molar refractivity (Wildman–Crippen MR) is 61.4 cm³/mol. The molecule has 2 heterocycles. The summed E-state index contributed by atoms with van der Waals surface area (Å²) in [6, 6.07) is 3.69. The number of carbonyl (C=O) groups is 1. The second-order valence-electron chi connectivity index (χ2n) is 4.10. The largest absolute Gasteiger partial charge is 0.345 e. The first-order valence-electron chi connectivity index (χ1n) is 5.63. The Morgan fingerprint density at radius 3 is 3.24 bits per heavy atom. The molecular weight excluding hydrogens is 218 g/mol. The molecule has 0 aromatic carbocycles. The lowest BCUT2D eigenvalue weighted by Crippen LogP contribution is -2.54. The summed E-state index contributed by atoms with van der Waals surface area (Å²) in [6.45, 7) is 3.88. The van der Waals surface area contributed by atoms with Crippen LogP contribution in [-0.4, -0.2) is 46.4 Å². The summed E-state index contributed by atoms with van der Waals surface area (Å²) in [5.74, 6) is 0. The van der Waals surface area contributed by atoms with Crippen LogP contribution in [0.2, 0.25) is 0 Å². The lowest BCUT2D eigenvalue weighted by Gasteiger charge is -2.34. The quantitative estimate of drug-likeness (QED) is 0.759. The molecule has 1 atom stereocenters. The zero-order valence-corrected chi connectivity index (χ0v) is 9.76. The van der Waals surface area contributed by atoms with Gasteiger partial charge in [-0.15, -0.1) is 0 Å². The summed E-state index contributed by atoms with van der Waals surface area (Å²) in [5, 5.41) is 16.0. The molecule has 1 fully saturated rings. The van der Waals surface area contributed by atoms with E-state index in [-0.39, 0.29) is 12.1 Å². The van der Waals surface area contributed by atoms with E-state index in [9.17, 15) is 4.79 Å². The van der Waals surface area contributed by atoms with E-state index in [1.54, 1.807) is 17.2 Å². The molecule has 17 heavy (non-hydrogen) atoms. The zero-order valence-electron chi connectivity index (χ0n) is 9.76. The molecule has 1 unspecified atom stereocenters. The smallest absolute Gasteiger partial charge is 0.316 e. The van der Waals surface area contributed by atoms with Crippen molar-refractivity contribution in [3.05, 3.63) is 18.0 Å². The lowest BCUT2D eigenvalue weighted by atomic mass is 10.1. The molecule has 6 heteroatoms. The molecule has 6 nitrogen and oxygen atoms in total. The Bertz CT molecular complexity index is 447. The normalized spacial score (nSPS) is 20.0. The molecule has 1 aliphatic rings. The van der Waals surface area contributed by atoms with Crippen molar-refractivity contribution in [2.75, 3.05) is 19.6 Å². The summed E-state index contributed by atoms with van der Waals surface area (Å²) in [5.41, 5.74) is 0.810. The van der Waals surface area contributed by atoms with Crippen molar-refractivity contribution in [1.82, 2.24) is 20.0 Å². The minimum atomic E-state index is -0.153. The fourth-order valence-corrected chi connectivity index (χ4v) is 1.95. The first kappa shape index (κ1) is 11.6. The van der Waals surface area contributed by atoms with Gasteiger partial charge in [-0.05, 0) is 13.0 Å². The lowest BCUT2D eigenvalue weighted by molar-refractivity contribution is 0.158. The van der Waals surface area contributed by atoms with Gasteiger partial charge in [-0.25, -0.2) is 4.79 Å². The van der Waals surface area contributed by atoms with Crippen LogP contribution in [0.3, 0.4) is 0 Å². The fourth-order valence-electron chi connectivity index (χ4n) is 1.95. The fraction of sp³-hybridized carbons (Fsp3) is 0.545. The van der Waals surface area contributed by atoms with Crippen LogP contribution in [0.1, 0.15) is 12.1 Å². The van der Waals surface area contributed by atoms with Crippen LogP contribution >= 0.6 is 0 Å². The van der Waals surface area contributed by atoms with Crippen molar-refractivity contribution in [3.8, 4) is 6.07 Å². The summed E-state index contributed by atoms with van der Waals surface area (Å²) in [7, 11) is 0. The summed E-state index contributed by atoms with van der Waals surface area (Å²) in [4.78, 5) is 13.9. The van der Waals surface area contributed by atoms with E-state index in [0.717, 1.165) is 12.2 Å². The maximum Gasteiger partial charge on any atom is 0.345 e. The van der Waals surface area contributed by atoms with Crippen LogP contribution in [0.25, 0.3) is 0 Å². The van der Waals surface area contributed by atoms with E-state index >= 15 is 0 Å². The summed E-state index contributed by atoms with van der Waals surface area (Å²) in [6.07, 6.45) is 2.00. The number of hydrogen-bond acceptors (Lipinski definition) is 4. The summed E-state index contributed by atoms with van der Waals surface area (Å²) >= 11 is 0. The molecule has 2 rings (SSSR count). The van der Waals surface area contributed by atoms with Gasteiger partial charge >= 0.3 is 6.03 Å². The highest BCUT2D eigenvalue weighted by atomic mass is 16.2. The topological polar surface area (TPSA) is 74.0 Å². The van der Waals surface area contributed by atoms with Gasteiger partial charge in [0.1, 0.15) is 0 Å². The van der Waals surface area contributed by atoms with Gasteiger partial charge in [0, 0.05) is 25.8 Å². The van der Waals surface area contributed by atoms with Gasteiger partial charge in [0.25, 0.3) is 0 Å². The maximum atomic E-state index is 12.2. The van der Waals surface area contributed by atoms with Gasteiger partial charge in [-0.2, -0.15) is 15.0 Å². The van der Waals surface area contributed by atoms with Crippen molar-refractivity contribution in [1.29, 1.82) is 5.26 Å².